The van der Waals surface area contributed by atoms with Gasteiger partial charge in [0, 0.05) is 22.3 Å². The molecule has 3 aromatic rings. The topological polar surface area (TPSA) is 26.3 Å². The highest BCUT2D eigenvalue weighted by molar-refractivity contribution is 8.07. The molecule has 0 saturated carbocycles. The minimum absolute atomic E-state index is 0.00734. The van der Waals surface area contributed by atoms with Crippen molar-refractivity contribution in [2.75, 3.05) is 7.11 Å². The first kappa shape index (κ1) is 18.0. The van der Waals surface area contributed by atoms with E-state index in [4.69, 9.17) is 4.74 Å². The van der Waals surface area contributed by atoms with E-state index in [0.29, 0.717) is 5.56 Å². The summed E-state index contributed by atoms with van der Waals surface area (Å²) in [4.78, 5) is 13.7. The van der Waals surface area contributed by atoms with Gasteiger partial charge in [-0.1, -0.05) is 60.7 Å². The van der Waals surface area contributed by atoms with Gasteiger partial charge in [-0.15, -0.1) is 11.8 Å². The maximum absolute atomic E-state index is 12.7. The number of thioether (sulfide) groups is 1. The molecule has 2 nitrogen and oxygen atoms in total. The maximum Gasteiger partial charge on any atom is 0.186 e. The highest BCUT2D eigenvalue weighted by atomic mass is 32.2. The second-order valence-corrected chi connectivity index (χ2v) is 6.76. The number of benzene rings is 3. The lowest BCUT2D eigenvalue weighted by atomic mass is 10.1. The van der Waals surface area contributed by atoms with E-state index in [9.17, 15) is 4.79 Å². The maximum atomic E-state index is 12.7. The van der Waals surface area contributed by atoms with Crippen molar-refractivity contribution in [3.05, 3.63) is 108 Å². The van der Waals surface area contributed by atoms with Crippen LogP contribution in [0, 0.1) is 0 Å². The molecule has 0 bridgehead atoms. The Hall–Kier alpha value is -2.78. The average molecular weight is 360 g/mol. The third-order valence-corrected chi connectivity index (χ3v) is 5.07. The summed E-state index contributed by atoms with van der Waals surface area (Å²) in [6.07, 6.45) is 1.73. The molecular formula is C23H20O2S. The molecule has 0 saturated heterocycles. The van der Waals surface area contributed by atoms with E-state index in [2.05, 4.69) is 12.1 Å². The highest BCUT2D eigenvalue weighted by Gasteiger charge is 2.09. The summed E-state index contributed by atoms with van der Waals surface area (Å²) < 4.78 is 5.16. The quantitative estimate of drug-likeness (QED) is 0.390. The van der Waals surface area contributed by atoms with Crippen LogP contribution in [0.3, 0.4) is 0 Å². The van der Waals surface area contributed by atoms with Crippen LogP contribution in [0.4, 0.5) is 0 Å². The van der Waals surface area contributed by atoms with E-state index in [1.807, 2.05) is 48.5 Å². The predicted molar refractivity (Wildman–Crippen MR) is 109 cm³/mol. The number of carbonyl (C=O) groups is 1. The van der Waals surface area contributed by atoms with Crippen molar-refractivity contribution in [1.82, 2.24) is 0 Å². The summed E-state index contributed by atoms with van der Waals surface area (Å²) >= 11 is 1.67. The number of hydrogen-bond acceptors (Lipinski definition) is 3. The van der Waals surface area contributed by atoms with E-state index in [0.717, 1.165) is 22.0 Å². The van der Waals surface area contributed by atoms with Gasteiger partial charge in [-0.3, -0.25) is 4.79 Å². The first-order valence-corrected chi connectivity index (χ1v) is 9.37. The van der Waals surface area contributed by atoms with Gasteiger partial charge in [0.1, 0.15) is 5.75 Å². The van der Waals surface area contributed by atoms with Gasteiger partial charge >= 0.3 is 0 Å². The molecule has 0 radical (unpaired) electrons. The van der Waals surface area contributed by atoms with Crippen LogP contribution in [0.2, 0.25) is 0 Å². The van der Waals surface area contributed by atoms with Gasteiger partial charge < -0.3 is 4.74 Å². The van der Waals surface area contributed by atoms with Crippen LogP contribution in [0.25, 0.3) is 4.91 Å². The Balaban J connectivity index is 1.84. The summed E-state index contributed by atoms with van der Waals surface area (Å²) in [5.74, 6) is 1.55. The van der Waals surface area contributed by atoms with Gasteiger partial charge in [0.15, 0.2) is 5.78 Å². The summed E-state index contributed by atoms with van der Waals surface area (Å²) in [7, 11) is 1.62. The monoisotopic (exact) mass is 360 g/mol. The Morgan fingerprint density at radius 2 is 1.46 bits per heavy atom. The molecule has 0 aromatic heterocycles. The zero-order valence-electron chi connectivity index (χ0n) is 14.6. The predicted octanol–water partition coefficient (Wildman–Crippen LogP) is 5.85. The fraction of sp³-hybridized carbons (Fsp3) is 0.0870. The molecule has 0 aliphatic carbocycles. The molecule has 3 aromatic carbocycles. The van der Waals surface area contributed by atoms with Crippen molar-refractivity contribution in [2.24, 2.45) is 0 Å². The third kappa shape index (κ3) is 4.87. The van der Waals surface area contributed by atoms with E-state index < -0.39 is 0 Å². The molecule has 3 heteroatoms. The SMILES string of the molecule is COc1ccc(C(=O)/C=C(/SCc2ccccc2)c2ccccc2)cc1. The van der Waals surface area contributed by atoms with Gasteiger partial charge in [0.2, 0.25) is 0 Å². The lowest BCUT2D eigenvalue weighted by Crippen LogP contribution is -1.96. The van der Waals surface area contributed by atoms with Gasteiger partial charge in [-0.25, -0.2) is 0 Å². The van der Waals surface area contributed by atoms with Gasteiger partial charge in [-0.2, -0.15) is 0 Å². The Bertz CT molecular complexity index is 869. The van der Waals surface area contributed by atoms with E-state index >= 15 is 0 Å². The first-order valence-electron chi connectivity index (χ1n) is 8.38. The molecular weight excluding hydrogens is 340 g/mol. The Morgan fingerprint density at radius 1 is 0.846 bits per heavy atom. The fourth-order valence-electron chi connectivity index (χ4n) is 2.50. The summed E-state index contributed by atoms with van der Waals surface area (Å²) in [6.45, 7) is 0. The van der Waals surface area contributed by atoms with Crippen LogP contribution in [0.1, 0.15) is 21.5 Å². The molecule has 0 amide bonds. The minimum atomic E-state index is -0.00734. The fourth-order valence-corrected chi connectivity index (χ4v) is 3.51. The molecule has 0 unspecified atom stereocenters. The highest BCUT2D eigenvalue weighted by Crippen LogP contribution is 2.31. The lowest BCUT2D eigenvalue weighted by molar-refractivity contribution is 0.104. The van der Waals surface area contributed by atoms with Gasteiger partial charge in [0.05, 0.1) is 7.11 Å². The number of methoxy groups -OCH3 is 1. The van der Waals surface area contributed by atoms with Crippen LogP contribution in [0.15, 0.2) is 91.0 Å². The molecule has 0 spiro atoms. The van der Waals surface area contributed by atoms with Crippen LogP contribution >= 0.6 is 11.8 Å². The summed E-state index contributed by atoms with van der Waals surface area (Å²) in [6, 6.07) is 27.5. The van der Waals surface area contributed by atoms with Crippen LogP contribution in [-0.4, -0.2) is 12.9 Å². The standard InChI is InChI=1S/C23H20O2S/c1-25-21-14-12-19(13-15-21)22(24)16-23(20-10-6-3-7-11-20)26-17-18-8-4-2-5-9-18/h2-16H,17H2,1H3/b23-16+. The number of allylic oxidation sites excluding steroid dienone is 1. The Kier molecular flexibility index (Phi) is 6.29. The van der Waals surface area contributed by atoms with Crippen molar-refractivity contribution in [2.45, 2.75) is 5.75 Å². The second kappa shape index (κ2) is 9.07. The number of ether oxygens (including phenoxy) is 1. The summed E-state index contributed by atoms with van der Waals surface area (Å²) in [5.41, 5.74) is 2.94. The molecule has 0 aliphatic rings. The van der Waals surface area contributed by atoms with Crippen LogP contribution in [-0.2, 0) is 5.75 Å². The van der Waals surface area contributed by atoms with Crippen molar-refractivity contribution in [3.63, 3.8) is 0 Å². The van der Waals surface area contributed by atoms with E-state index in [-0.39, 0.29) is 5.78 Å². The summed E-state index contributed by atoms with van der Waals surface area (Å²) in [5, 5.41) is 0. The van der Waals surface area contributed by atoms with E-state index in [1.165, 1.54) is 5.56 Å². The van der Waals surface area contributed by atoms with E-state index in [1.54, 1.807) is 49.2 Å². The Morgan fingerprint density at radius 3 is 2.08 bits per heavy atom. The zero-order valence-corrected chi connectivity index (χ0v) is 15.4. The largest absolute Gasteiger partial charge is 0.497 e. The Labute approximate surface area is 158 Å². The minimum Gasteiger partial charge on any atom is -0.497 e. The van der Waals surface area contributed by atoms with Gasteiger partial charge in [0.25, 0.3) is 0 Å². The van der Waals surface area contributed by atoms with Crippen molar-refractivity contribution in [1.29, 1.82) is 0 Å². The number of ketones is 1. The number of rotatable bonds is 7. The van der Waals surface area contributed by atoms with Crippen LogP contribution < -0.4 is 4.74 Å². The average Bonchev–Trinajstić information content (AvgIpc) is 2.72. The smallest absolute Gasteiger partial charge is 0.186 e. The molecule has 3 rings (SSSR count). The molecule has 0 fully saturated rings. The third-order valence-electron chi connectivity index (χ3n) is 3.93. The molecule has 0 aliphatic heterocycles. The molecule has 0 atom stereocenters. The van der Waals surface area contributed by atoms with Crippen molar-refractivity contribution >= 4 is 22.5 Å². The second-order valence-electron chi connectivity index (χ2n) is 5.74. The van der Waals surface area contributed by atoms with Crippen molar-refractivity contribution in [3.8, 4) is 5.75 Å². The molecule has 0 N–H and O–H groups in total. The first-order chi connectivity index (χ1) is 12.8. The normalized spacial score (nSPS) is 11.2. The molecule has 26 heavy (non-hydrogen) atoms. The molecule has 130 valence electrons. The molecule has 0 heterocycles. The number of hydrogen-bond donors (Lipinski definition) is 0. The zero-order chi connectivity index (χ0) is 18.2. The van der Waals surface area contributed by atoms with Crippen molar-refractivity contribution < 1.29 is 9.53 Å². The van der Waals surface area contributed by atoms with Crippen LogP contribution in [0.5, 0.6) is 5.75 Å². The van der Waals surface area contributed by atoms with Gasteiger partial charge in [-0.05, 0) is 35.4 Å². The number of carbonyl (C=O) groups excluding carboxylic acids is 1. The lowest BCUT2D eigenvalue weighted by Gasteiger charge is -2.08.